The number of likely N-dealkylation sites (N-methyl/N-ethyl adjacent to an activating group) is 1. The van der Waals surface area contributed by atoms with E-state index in [0.29, 0.717) is 10.8 Å². The van der Waals surface area contributed by atoms with Gasteiger partial charge in [-0.3, -0.25) is 4.79 Å². The van der Waals surface area contributed by atoms with Crippen LogP contribution in [0.4, 0.5) is 5.69 Å². The smallest absolute Gasteiger partial charge is 0.277 e. The minimum atomic E-state index is -0.336. The molecule has 1 aliphatic rings. The molecule has 2 aromatic carbocycles. The fraction of sp³-hybridized carbons (Fsp3) is 0.333. The molecular weight excluding hydrogens is 398 g/mol. The van der Waals surface area contributed by atoms with E-state index in [1.54, 1.807) is 30.5 Å². The van der Waals surface area contributed by atoms with Gasteiger partial charge in [0.2, 0.25) is 0 Å². The number of hydrogen-bond acceptors (Lipinski definition) is 4. The first kappa shape index (κ1) is 21.9. The van der Waals surface area contributed by atoms with Crippen LogP contribution in [0, 0.1) is 6.92 Å². The fourth-order valence-corrected chi connectivity index (χ4v) is 4.05. The highest BCUT2D eigenvalue weighted by atomic mass is 35.5. The van der Waals surface area contributed by atoms with Crippen LogP contribution in [0.2, 0.25) is 5.02 Å². The minimum Gasteiger partial charge on any atom is -0.484 e. The van der Waals surface area contributed by atoms with Crippen molar-refractivity contribution in [3.05, 3.63) is 64.2 Å². The molecular formula is C24H28ClN3O2. The second kappa shape index (κ2) is 8.92. The summed E-state index contributed by atoms with van der Waals surface area (Å²) in [6, 6.07) is 11.2. The van der Waals surface area contributed by atoms with E-state index in [1.165, 1.54) is 16.8 Å². The van der Waals surface area contributed by atoms with Crippen molar-refractivity contribution in [1.82, 2.24) is 5.43 Å². The molecule has 0 spiro atoms. The predicted octanol–water partition coefficient (Wildman–Crippen LogP) is 5.20. The first-order valence-corrected chi connectivity index (χ1v) is 10.4. The molecule has 0 saturated heterocycles. The Balaban J connectivity index is 1.69. The molecule has 0 aromatic heterocycles. The number of carbonyl (C=O) groups excluding carboxylic acids is 1. The van der Waals surface area contributed by atoms with Gasteiger partial charge in [-0.1, -0.05) is 23.7 Å². The number of rotatable bonds is 6. The van der Waals surface area contributed by atoms with Crippen LogP contribution in [0.3, 0.4) is 0 Å². The third kappa shape index (κ3) is 4.85. The van der Waals surface area contributed by atoms with Crippen molar-refractivity contribution in [2.75, 3.05) is 18.1 Å². The van der Waals surface area contributed by atoms with Crippen LogP contribution < -0.4 is 15.1 Å². The van der Waals surface area contributed by atoms with Gasteiger partial charge in [0.1, 0.15) is 5.75 Å². The van der Waals surface area contributed by atoms with Crippen molar-refractivity contribution in [3.8, 4) is 5.75 Å². The van der Waals surface area contributed by atoms with E-state index in [0.717, 1.165) is 17.7 Å². The van der Waals surface area contributed by atoms with Crippen molar-refractivity contribution in [2.24, 2.45) is 5.10 Å². The molecule has 1 N–H and O–H groups in total. The lowest BCUT2D eigenvalue weighted by molar-refractivity contribution is -0.123. The Morgan fingerprint density at radius 3 is 2.73 bits per heavy atom. The van der Waals surface area contributed by atoms with Crippen LogP contribution in [-0.4, -0.2) is 30.8 Å². The molecule has 6 heteroatoms. The van der Waals surface area contributed by atoms with Crippen molar-refractivity contribution >= 4 is 35.0 Å². The summed E-state index contributed by atoms with van der Waals surface area (Å²) in [4.78, 5) is 14.4. The van der Waals surface area contributed by atoms with E-state index in [2.05, 4.69) is 68.3 Å². The molecule has 1 amide bonds. The number of hydrazone groups is 1. The first-order valence-electron chi connectivity index (χ1n) is 10.0. The van der Waals surface area contributed by atoms with Crippen molar-refractivity contribution < 1.29 is 9.53 Å². The standard InChI is InChI=1S/C24H28ClN3O2/c1-6-28-22-10-16(2)18(11-21(22)17(3)13-24(28,4)5)14-26-27-23(29)15-30-20-9-7-8-19(25)12-20/h7-14H,6,15H2,1-5H3,(H,27,29)/b26-14+. The molecule has 2 aromatic rings. The zero-order valence-electron chi connectivity index (χ0n) is 18.1. The summed E-state index contributed by atoms with van der Waals surface area (Å²) in [6.45, 7) is 11.6. The van der Waals surface area contributed by atoms with E-state index in [9.17, 15) is 4.79 Å². The molecule has 0 aliphatic carbocycles. The summed E-state index contributed by atoms with van der Waals surface area (Å²) < 4.78 is 5.42. The van der Waals surface area contributed by atoms with Gasteiger partial charge in [-0.15, -0.1) is 0 Å². The van der Waals surface area contributed by atoms with Crippen LogP contribution in [0.5, 0.6) is 5.75 Å². The molecule has 0 bridgehead atoms. The van der Waals surface area contributed by atoms with Gasteiger partial charge in [-0.25, -0.2) is 5.43 Å². The van der Waals surface area contributed by atoms with Gasteiger partial charge in [0.25, 0.3) is 5.91 Å². The number of halogens is 1. The van der Waals surface area contributed by atoms with Crippen molar-refractivity contribution in [1.29, 1.82) is 0 Å². The Labute approximate surface area is 183 Å². The number of aryl methyl sites for hydroxylation is 1. The summed E-state index contributed by atoms with van der Waals surface area (Å²) in [7, 11) is 0. The average molecular weight is 426 g/mol. The van der Waals surface area contributed by atoms with E-state index < -0.39 is 0 Å². The number of fused-ring (bicyclic) bond motifs is 1. The molecule has 1 heterocycles. The molecule has 30 heavy (non-hydrogen) atoms. The molecule has 1 aliphatic heterocycles. The number of ether oxygens (including phenoxy) is 1. The van der Waals surface area contributed by atoms with Gasteiger partial charge < -0.3 is 9.64 Å². The number of nitrogens with zero attached hydrogens (tertiary/aromatic N) is 2. The lowest BCUT2D eigenvalue weighted by atomic mass is 9.87. The largest absolute Gasteiger partial charge is 0.484 e. The molecule has 0 fully saturated rings. The monoisotopic (exact) mass is 425 g/mol. The molecule has 0 radical (unpaired) electrons. The Bertz CT molecular complexity index is 1010. The molecule has 5 nitrogen and oxygen atoms in total. The highest BCUT2D eigenvalue weighted by Gasteiger charge is 2.30. The third-order valence-electron chi connectivity index (χ3n) is 5.24. The summed E-state index contributed by atoms with van der Waals surface area (Å²) in [5.74, 6) is 0.203. The summed E-state index contributed by atoms with van der Waals surface area (Å²) >= 11 is 5.91. The van der Waals surface area contributed by atoms with E-state index >= 15 is 0 Å². The van der Waals surface area contributed by atoms with Crippen LogP contribution in [0.1, 0.15) is 44.4 Å². The van der Waals surface area contributed by atoms with Gasteiger partial charge in [-0.2, -0.15) is 5.10 Å². The second-order valence-electron chi connectivity index (χ2n) is 7.99. The Morgan fingerprint density at radius 1 is 1.27 bits per heavy atom. The number of nitrogens with one attached hydrogen (secondary N) is 1. The molecule has 0 unspecified atom stereocenters. The zero-order chi connectivity index (χ0) is 21.9. The molecule has 0 saturated carbocycles. The maximum atomic E-state index is 12.0. The number of amides is 1. The zero-order valence-corrected chi connectivity index (χ0v) is 18.9. The lowest BCUT2D eigenvalue weighted by Gasteiger charge is -2.43. The molecule has 3 rings (SSSR count). The fourth-order valence-electron chi connectivity index (χ4n) is 3.87. The van der Waals surface area contributed by atoms with Crippen LogP contribution in [-0.2, 0) is 4.79 Å². The third-order valence-corrected chi connectivity index (χ3v) is 5.48. The van der Waals surface area contributed by atoms with E-state index in [4.69, 9.17) is 16.3 Å². The topological polar surface area (TPSA) is 53.9 Å². The SMILES string of the molecule is CCN1c2cc(C)c(/C=N/NC(=O)COc3cccc(Cl)c3)cc2C(C)=CC1(C)C. The van der Waals surface area contributed by atoms with Crippen molar-refractivity contribution in [2.45, 2.75) is 40.2 Å². The minimum absolute atomic E-state index is 0.0230. The average Bonchev–Trinajstić information content (AvgIpc) is 2.67. The van der Waals surface area contributed by atoms with Gasteiger partial charge in [-0.05, 0) is 81.7 Å². The van der Waals surface area contributed by atoms with Crippen LogP contribution in [0.15, 0.2) is 47.6 Å². The number of carbonyl (C=O) groups is 1. The summed E-state index contributed by atoms with van der Waals surface area (Å²) in [5, 5.41) is 4.67. The van der Waals surface area contributed by atoms with E-state index in [-0.39, 0.29) is 18.1 Å². The normalized spacial score (nSPS) is 15.0. The lowest BCUT2D eigenvalue weighted by Crippen LogP contribution is -2.45. The van der Waals surface area contributed by atoms with Gasteiger partial charge in [0, 0.05) is 22.8 Å². The number of hydrogen-bond donors (Lipinski definition) is 1. The quantitative estimate of drug-likeness (QED) is 0.511. The van der Waals surface area contributed by atoms with Crippen LogP contribution in [0.25, 0.3) is 5.57 Å². The Kier molecular flexibility index (Phi) is 6.52. The highest BCUT2D eigenvalue weighted by molar-refractivity contribution is 6.30. The summed E-state index contributed by atoms with van der Waals surface area (Å²) in [6.07, 6.45) is 3.97. The van der Waals surface area contributed by atoms with E-state index in [1.807, 2.05) is 0 Å². The Morgan fingerprint density at radius 2 is 2.03 bits per heavy atom. The maximum Gasteiger partial charge on any atom is 0.277 e. The second-order valence-corrected chi connectivity index (χ2v) is 8.43. The number of benzene rings is 2. The van der Waals surface area contributed by atoms with Gasteiger partial charge in [0.15, 0.2) is 6.61 Å². The molecule has 158 valence electrons. The maximum absolute atomic E-state index is 12.0. The highest BCUT2D eigenvalue weighted by Crippen LogP contribution is 2.39. The van der Waals surface area contributed by atoms with Gasteiger partial charge >= 0.3 is 0 Å². The Hall–Kier alpha value is -2.79. The number of anilines is 1. The summed E-state index contributed by atoms with van der Waals surface area (Å²) in [5.41, 5.74) is 8.23. The van der Waals surface area contributed by atoms with Gasteiger partial charge in [0.05, 0.1) is 11.8 Å². The van der Waals surface area contributed by atoms with Crippen LogP contribution >= 0.6 is 11.6 Å². The number of allylic oxidation sites excluding steroid dienone is 1. The molecule has 0 atom stereocenters. The predicted molar refractivity (Wildman–Crippen MR) is 125 cm³/mol. The van der Waals surface area contributed by atoms with Crippen molar-refractivity contribution in [3.63, 3.8) is 0 Å². The first-order chi connectivity index (χ1) is 14.2.